The molecule has 0 radical (unpaired) electrons. The van der Waals surface area contributed by atoms with E-state index in [0.29, 0.717) is 29.6 Å². The van der Waals surface area contributed by atoms with Crippen molar-refractivity contribution in [2.75, 3.05) is 14.2 Å². The molecule has 1 saturated heterocycles. The monoisotopic (exact) mass is 441 g/mol. The number of benzene rings is 1. The van der Waals surface area contributed by atoms with Gasteiger partial charge in [0.25, 0.3) is 0 Å². The molecule has 0 N–H and O–H groups in total. The first-order chi connectivity index (χ1) is 15.3. The molecule has 0 bridgehead atoms. The Kier molecular flexibility index (Phi) is 5.57. The Morgan fingerprint density at radius 3 is 2.47 bits per heavy atom. The molecule has 8 atom stereocenters. The number of methoxy groups -OCH3 is 1. The van der Waals surface area contributed by atoms with Gasteiger partial charge in [-0.15, -0.1) is 0 Å². The average molecular weight is 442 g/mol. The largest absolute Gasteiger partial charge is 0.490 e. The summed E-state index contributed by atoms with van der Waals surface area (Å²) in [5.41, 5.74) is 1.64. The van der Waals surface area contributed by atoms with Gasteiger partial charge in [0, 0.05) is 13.5 Å². The van der Waals surface area contributed by atoms with E-state index in [1.807, 2.05) is 7.11 Å². The van der Waals surface area contributed by atoms with Crippen LogP contribution in [0.4, 0.5) is 0 Å². The van der Waals surface area contributed by atoms with Crippen LogP contribution < -0.4 is 4.74 Å². The summed E-state index contributed by atoms with van der Waals surface area (Å²) in [5.74, 6) is 2.76. The molecule has 4 fully saturated rings. The van der Waals surface area contributed by atoms with Crippen LogP contribution in [0.3, 0.4) is 0 Å². The number of ether oxygens (including phenoxy) is 2. The van der Waals surface area contributed by atoms with E-state index in [9.17, 15) is 4.79 Å². The van der Waals surface area contributed by atoms with E-state index in [1.165, 1.54) is 18.4 Å². The second-order valence-electron chi connectivity index (χ2n) is 11.4. The van der Waals surface area contributed by atoms with Crippen molar-refractivity contribution in [3.05, 3.63) is 29.8 Å². The second-order valence-corrected chi connectivity index (χ2v) is 11.4. The van der Waals surface area contributed by atoms with Gasteiger partial charge in [-0.3, -0.25) is 9.63 Å². The third-order valence-corrected chi connectivity index (χ3v) is 9.78. The lowest BCUT2D eigenvalue weighted by Crippen LogP contribution is -2.65. The first kappa shape index (κ1) is 22.2. The fourth-order valence-electron chi connectivity index (χ4n) is 8.13. The number of piperidine rings is 1. The lowest BCUT2D eigenvalue weighted by atomic mass is 9.47. The van der Waals surface area contributed by atoms with Crippen LogP contribution in [0.25, 0.3) is 0 Å². The van der Waals surface area contributed by atoms with Crippen molar-refractivity contribution >= 4 is 5.91 Å². The van der Waals surface area contributed by atoms with Gasteiger partial charge in [0.2, 0.25) is 5.91 Å². The van der Waals surface area contributed by atoms with E-state index in [0.717, 1.165) is 31.4 Å². The van der Waals surface area contributed by atoms with Crippen LogP contribution in [0.2, 0.25) is 0 Å². The normalized spacial score (nSPS) is 43.4. The molecule has 1 aromatic carbocycles. The number of hydrogen-bond donors (Lipinski definition) is 0. The molecule has 3 saturated carbocycles. The number of fused-ring (bicyclic) bond motifs is 5. The standard InChI is InChI=1S/C27H39NO4/c1-17-6-8-18(9-7-17)32-19-14-21-25-20(10-12-26(21,2)16-19)27(3)13-11-24(29)28(31-5)23(27)15-22(25)30-4/h6-9,19-23,25H,10-16H2,1-5H3/t19?,20-,21+,22?,23?,25-,26-,27-/m1/s1. The molecule has 0 spiro atoms. The number of aryl methyl sites for hydroxylation is 1. The Hall–Kier alpha value is -1.59. The summed E-state index contributed by atoms with van der Waals surface area (Å²) in [6.07, 6.45) is 7.47. The van der Waals surface area contributed by atoms with E-state index >= 15 is 0 Å². The third kappa shape index (κ3) is 3.38. The van der Waals surface area contributed by atoms with Gasteiger partial charge in [0.1, 0.15) is 5.75 Å². The van der Waals surface area contributed by atoms with E-state index in [2.05, 4.69) is 45.0 Å². The number of carbonyl (C=O) groups is 1. The zero-order chi connectivity index (χ0) is 22.7. The van der Waals surface area contributed by atoms with Crippen LogP contribution in [0.1, 0.15) is 64.4 Å². The van der Waals surface area contributed by atoms with E-state index in [-0.39, 0.29) is 29.6 Å². The Bertz CT molecular complexity index is 856. The van der Waals surface area contributed by atoms with Crippen molar-refractivity contribution in [1.82, 2.24) is 5.06 Å². The molecule has 32 heavy (non-hydrogen) atoms. The summed E-state index contributed by atoms with van der Waals surface area (Å²) in [4.78, 5) is 18.2. The molecule has 176 valence electrons. The van der Waals surface area contributed by atoms with E-state index < -0.39 is 0 Å². The fourth-order valence-corrected chi connectivity index (χ4v) is 8.13. The van der Waals surface area contributed by atoms with Crippen LogP contribution in [-0.4, -0.2) is 43.4 Å². The van der Waals surface area contributed by atoms with Gasteiger partial charge in [0.15, 0.2) is 0 Å². The summed E-state index contributed by atoms with van der Waals surface area (Å²) < 4.78 is 12.7. The molecule has 1 aromatic rings. The summed E-state index contributed by atoms with van der Waals surface area (Å²) in [5, 5.41) is 1.68. The van der Waals surface area contributed by atoms with Crippen LogP contribution in [-0.2, 0) is 14.4 Å². The maximum Gasteiger partial charge on any atom is 0.246 e. The first-order valence-corrected chi connectivity index (χ1v) is 12.4. The van der Waals surface area contributed by atoms with Crippen LogP contribution >= 0.6 is 0 Å². The molecule has 3 aliphatic carbocycles. The first-order valence-electron chi connectivity index (χ1n) is 12.4. The highest BCUT2D eigenvalue weighted by atomic mass is 16.7. The molecule has 1 aliphatic heterocycles. The minimum atomic E-state index is 0.0842. The van der Waals surface area contributed by atoms with Gasteiger partial charge < -0.3 is 9.47 Å². The van der Waals surface area contributed by atoms with Crippen LogP contribution in [0.15, 0.2) is 24.3 Å². The number of hydroxylamine groups is 2. The lowest BCUT2D eigenvalue weighted by Gasteiger charge is -2.62. The SMILES string of the molecule is COC1CC2N(OC)C(=O)CC[C@]2(C)[C@@H]2CC[C@]3(C)CC(Oc4ccc(C)cc4)C[C@H]3[C@H]12. The number of hydrogen-bond acceptors (Lipinski definition) is 4. The Balaban J connectivity index is 1.42. The zero-order valence-electron chi connectivity index (χ0n) is 20.3. The predicted molar refractivity (Wildman–Crippen MR) is 123 cm³/mol. The quantitative estimate of drug-likeness (QED) is 0.647. The summed E-state index contributed by atoms with van der Waals surface area (Å²) in [7, 11) is 3.49. The molecule has 4 aliphatic rings. The van der Waals surface area contributed by atoms with Crippen molar-refractivity contribution < 1.29 is 19.1 Å². The summed E-state index contributed by atoms with van der Waals surface area (Å²) in [6, 6.07) is 8.56. The fraction of sp³-hybridized carbons (Fsp3) is 0.741. The highest BCUT2D eigenvalue weighted by Gasteiger charge is 2.64. The Morgan fingerprint density at radius 2 is 1.78 bits per heavy atom. The molecule has 5 heteroatoms. The van der Waals surface area contributed by atoms with Gasteiger partial charge in [-0.1, -0.05) is 31.5 Å². The topological polar surface area (TPSA) is 48.0 Å². The maximum absolute atomic E-state index is 12.6. The maximum atomic E-state index is 12.6. The predicted octanol–water partition coefficient (Wildman–Crippen LogP) is 5.16. The zero-order valence-corrected chi connectivity index (χ0v) is 20.3. The molecular weight excluding hydrogens is 402 g/mol. The third-order valence-electron chi connectivity index (χ3n) is 9.78. The Labute approximate surface area is 192 Å². The summed E-state index contributed by atoms with van der Waals surface area (Å²) in [6.45, 7) is 7.01. The molecular formula is C27H39NO4. The minimum Gasteiger partial charge on any atom is -0.490 e. The van der Waals surface area contributed by atoms with Crippen LogP contribution in [0, 0.1) is 35.5 Å². The van der Waals surface area contributed by atoms with Crippen molar-refractivity contribution in [2.24, 2.45) is 28.6 Å². The Morgan fingerprint density at radius 1 is 1.03 bits per heavy atom. The van der Waals surface area contributed by atoms with E-state index in [4.69, 9.17) is 14.3 Å². The molecule has 1 heterocycles. The van der Waals surface area contributed by atoms with Crippen LogP contribution in [0.5, 0.6) is 5.75 Å². The van der Waals surface area contributed by atoms with Gasteiger partial charge in [0.05, 0.1) is 25.4 Å². The molecule has 5 nitrogen and oxygen atoms in total. The molecule has 3 unspecified atom stereocenters. The van der Waals surface area contributed by atoms with Gasteiger partial charge in [-0.05, 0) is 86.2 Å². The highest BCUT2D eigenvalue weighted by Crippen LogP contribution is 2.65. The minimum absolute atomic E-state index is 0.0842. The smallest absolute Gasteiger partial charge is 0.246 e. The number of rotatable bonds is 4. The van der Waals surface area contributed by atoms with Crippen molar-refractivity contribution in [2.45, 2.75) is 84.0 Å². The van der Waals surface area contributed by atoms with Crippen molar-refractivity contribution in [3.63, 3.8) is 0 Å². The number of nitrogens with zero attached hydrogens (tertiary/aromatic N) is 1. The molecule has 5 rings (SSSR count). The second kappa shape index (κ2) is 8.02. The highest BCUT2D eigenvalue weighted by molar-refractivity contribution is 5.76. The molecule has 0 aromatic heterocycles. The summed E-state index contributed by atoms with van der Waals surface area (Å²) >= 11 is 0. The van der Waals surface area contributed by atoms with Crippen molar-refractivity contribution in [3.8, 4) is 5.75 Å². The van der Waals surface area contributed by atoms with E-state index in [1.54, 1.807) is 12.2 Å². The van der Waals surface area contributed by atoms with Gasteiger partial charge in [-0.2, -0.15) is 0 Å². The van der Waals surface area contributed by atoms with Crippen molar-refractivity contribution in [1.29, 1.82) is 0 Å². The molecule has 1 amide bonds. The van der Waals surface area contributed by atoms with Gasteiger partial charge in [-0.25, -0.2) is 5.06 Å². The number of amides is 1. The number of carbonyl (C=O) groups excluding carboxylic acids is 1. The lowest BCUT2D eigenvalue weighted by molar-refractivity contribution is -0.251. The van der Waals surface area contributed by atoms with Gasteiger partial charge >= 0.3 is 0 Å². The average Bonchev–Trinajstić information content (AvgIpc) is 3.11.